The van der Waals surface area contributed by atoms with Gasteiger partial charge < -0.3 is 9.84 Å². The molecule has 0 saturated carbocycles. The number of hydrogen-bond acceptors (Lipinski definition) is 5. The molecule has 0 unspecified atom stereocenters. The van der Waals surface area contributed by atoms with Gasteiger partial charge in [-0.25, -0.2) is 0 Å². The Morgan fingerprint density at radius 1 is 1.62 bits per heavy atom. The smallest absolute Gasteiger partial charge is 0.321 e. The Kier molecular flexibility index (Phi) is 1.95. The number of nitrogens with one attached hydrogen (secondary N) is 2. The topological polar surface area (TPSA) is 79.6 Å². The van der Waals surface area contributed by atoms with E-state index < -0.39 is 0 Å². The van der Waals surface area contributed by atoms with E-state index in [2.05, 4.69) is 25.7 Å². The first-order valence-corrected chi connectivity index (χ1v) is 3.87. The van der Waals surface area contributed by atoms with Crippen LogP contribution in [0.1, 0.15) is 11.5 Å². The third-order valence-corrected chi connectivity index (χ3v) is 1.52. The summed E-state index contributed by atoms with van der Waals surface area (Å²) in [5.74, 6) is 0.618. The molecule has 0 fully saturated rings. The second-order valence-electron chi connectivity index (χ2n) is 2.58. The summed E-state index contributed by atoms with van der Waals surface area (Å²) in [6, 6.07) is 2.29. The summed E-state index contributed by atoms with van der Waals surface area (Å²) in [7, 11) is 0. The zero-order valence-corrected chi connectivity index (χ0v) is 7.11. The minimum Gasteiger partial charge on any atom is -0.332 e. The van der Waals surface area contributed by atoms with Gasteiger partial charge in [-0.15, -0.1) is 0 Å². The van der Waals surface area contributed by atoms with Gasteiger partial charge in [0.05, 0.1) is 12.2 Å². The highest BCUT2D eigenvalue weighted by Crippen LogP contribution is 2.03. The minimum atomic E-state index is 0.423. The molecular formula is C7H9N5O. The van der Waals surface area contributed by atoms with Gasteiger partial charge in [-0.2, -0.15) is 10.1 Å². The lowest BCUT2D eigenvalue weighted by Gasteiger charge is -1.95. The molecule has 0 aliphatic carbocycles. The van der Waals surface area contributed by atoms with Crippen LogP contribution in [-0.4, -0.2) is 20.3 Å². The highest BCUT2D eigenvalue weighted by Gasteiger charge is 2.01. The molecule has 2 aromatic heterocycles. The van der Waals surface area contributed by atoms with Gasteiger partial charge in [-0.05, 0) is 13.0 Å². The third-order valence-electron chi connectivity index (χ3n) is 1.52. The molecule has 68 valence electrons. The van der Waals surface area contributed by atoms with Gasteiger partial charge in [0, 0.05) is 6.20 Å². The molecule has 0 spiro atoms. The molecule has 0 aliphatic rings. The minimum absolute atomic E-state index is 0.423. The van der Waals surface area contributed by atoms with Gasteiger partial charge in [0.15, 0.2) is 5.82 Å². The van der Waals surface area contributed by atoms with Crippen LogP contribution in [-0.2, 0) is 6.54 Å². The summed E-state index contributed by atoms with van der Waals surface area (Å²) >= 11 is 0. The number of aromatic amines is 1. The summed E-state index contributed by atoms with van der Waals surface area (Å²) in [6.45, 7) is 2.37. The quantitative estimate of drug-likeness (QED) is 0.725. The van der Waals surface area contributed by atoms with Crippen molar-refractivity contribution in [3.05, 3.63) is 23.8 Å². The second kappa shape index (κ2) is 3.26. The number of nitrogens with zero attached hydrogens (tertiary/aromatic N) is 3. The fraction of sp³-hybridized carbons (Fsp3) is 0.286. The summed E-state index contributed by atoms with van der Waals surface area (Å²) in [6.07, 6.45) is 1.69. The molecule has 0 saturated heterocycles. The maximum atomic E-state index is 4.86. The SMILES string of the molecule is Cc1noc(NCc2ccn[nH]2)n1. The van der Waals surface area contributed by atoms with E-state index in [1.165, 1.54) is 0 Å². The zero-order chi connectivity index (χ0) is 9.10. The standard InChI is InChI=1S/C7H9N5O/c1-5-10-7(13-12-5)8-4-6-2-3-9-11-6/h2-3H,4H2,1H3,(H,9,11)(H,8,10,12). The Hall–Kier alpha value is -1.85. The second-order valence-corrected chi connectivity index (χ2v) is 2.58. The molecule has 0 bridgehead atoms. The Labute approximate surface area is 74.4 Å². The van der Waals surface area contributed by atoms with Gasteiger partial charge in [0.2, 0.25) is 0 Å². The van der Waals surface area contributed by atoms with E-state index in [1.54, 1.807) is 13.1 Å². The first kappa shape index (κ1) is 7.78. The lowest BCUT2D eigenvalue weighted by molar-refractivity contribution is 0.425. The molecule has 6 heteroatoms. The van der Waals surface area contributed by atoms with Crippen molar-refractivity contribution < 1.29 is 4.52 Å². The summed E-state index contributed by atoms with van der Waals surface area (Å²) in [4.78, 5) is 3.99. The molecule has 6 nitrogen and oxygen atoms in total. The monoisotopic (exact) mass is 179 g/mol. The van der Waals surface area contributed by atoms with Gasteiger partial charge in [-0.3, -0.25) is 5.10 Å². The lowest BCUT2D eigenvalue weighted by Crippen LogP contribution is -1.99. The summed E-state index contributed by atoms with van der Waals surface area (Å²) in [5, 5.41) is 13.2. The fourth-order valence-corrected chi connectivity index (χ4v) is 0.923. The summed E-state index contributed by atoms with van der Waals surface area (Å²) in [5.41, 5.74) is 0.968. The fourth-order valence-electron chi connectivity index (χ4n) is 0.923. The molecular weight excluding hydrogens is 170 g/mol. The molecule has 2 N–H and O–H groups in total. The van der Waals surface area contributed by atoms with Crippen LogP contribution < -0.4 is 5.32 Å². The molecule has 13 heavy (non-hydrogen) atoms. The van der Waals surface area contributed by atoms with Crippen molar-refractivity contribution in [3.8, 4) is 0 Å². The Bertz CT molecular complexity index is 366. The average Bonchev–Trinajstić information content (AvgIpc) is 2.71. The van der Waals surface area contributed by atoms with Crippen LogP contribution in [0.3, 0.4) is 0 Å². The number of rotatable bonds is 3. The van der Waals surface area contributed by atoms with Crippen molar-refractivity contribution in [2.75, 3.05) is 5.32 Å². The van der Waals surface area contributed by atoms with E-state index in [9.17, 15) is 0 Å². The van der Waals surface area contributed by atoms with Crippen molar-refractivity contribution in [1.82, 2.24) is 20.3 Å². The predicted molar refractivity (Wildman–Crippen MR) is 44.9 cm³/mol. The Balaban J connectivity index is 1.93. The molecule has 0 aromatic carbocycles. The van der Waals surface area contributed by atoms with Crippen LogP contribution in [0.5, 0.6) is 0 Å². The van der Waals surface area contributed by atoms with Crippen molar-refractivity contribution in [2.24, 2.45) is 0 Å². The van der Waals surface area contributed by atoms with Crippen molar-refractivity contribution in [2.45, 2.75) is 13.5 Å². The molecule has 2 heterocycles. The number of hydrogen-bond donors (Lipinski definition) is 2. The van der Waals surface area contributed by atoms with E-state index in [0.29, 0.717) is 18.4 Å². The van der Waals surface area contributed by atoms with E-state index in [-0.39, 0.29) is 0 Å². The highest BCUT2D eigenvalue weighted by molar-refractivity contribution is 5.19. The van der Waals surface area contributed by atoms with Gasteiger partial charge >= 0.3 is 6.01 Å². The summed E-state index contributed by atoms with van der Waals surface area (Å²) < 4.78 is 4.86. The molecule has 2 aromatic rings. The van der Waals surface area contributed by atoms with Crippen LogP contribution in [0.2, 0.25) is 0 Å². The number of aromatic nitrogens is 4. The Morgan fingerprint density at radius 2 is 2.54 bits per heavy atom. The van der Waals surface area contributed by atoms with Crippen molar-refractivity contribution >= 4 is 6.01 Å². The van der Waals surface area contributed by atoms with Crippen LogP contribution in [0.15, 0.2) is 16.8 Å². The van der Waals surface area contributed by atoms with Crippen molar-refractivity contribution in [3.63, 3.8) is 0 Å². The highest BCUT2D eigenvalue weighted by atomic mass is 16.5. The first-order chi connectivity index (χ1) is 6.34. The van der Waals surface area contributed by atoms with Crippen molar-refractivity contribution in [1.29, 1.82) is 0 Å². The van der Waals surface area contributed by atoms with Crippen LogP contribution in [0.4, 0.5) is 6.01 Å². The maximum Gasteiger partial charge on any atom is 0.321 e. The molecule has 0 radical (unpaired) electrons. The van der Waals surface area contributed by atoms with Gasteiger partial charge in [-0.1, -0.05) is 5.16 Å². The van der Waals surface area contributed by atoms with E-state index in [4.69, 9.17) is 4.52 Å². The van der Waals surface area contributed by atoms with E-state index in [0.717, 1.165) is 5.69 Å². The number of H-pyrrole nitrogens is 1. The maximum absolute atomic E-state index is 4.86. The average molecular weight is 179 g/mol. The number of anilines is 1. The molecule has 0 atom stereocenters. The molecule has 2 rings (SSSR count). The van der Waals surface area contributed by atoms with Crippen LogP contribution in [0, 0.1) is 6.92 Å². The van der Waals surface area contributed by atoms with E-state index >= 15 is 0 Å². The van der Waals surface area contributed by atoms with Crippen LogP contribution in [0.25, 0.3) is 0 Å². The zero-order valence-electron chi connectivity index (χ0n) is 7.11. The van der Waals surface area contributed by atoms with Crippen LogP contribution >= 0.6 is 0 Å². The molecule has 0 amide bonds. The van der Waals surface area contributed by atoms with E-state index in [1.807, 2.05) is 6.07 Å². The first-order valence-electron chi connectivity index (χ1n) is 3.87. The molecule has 0 aliphatic heterocycles. The predicted octanol–water partition coefficient (Wildman–Crippen LogP) is 0.713. The van der Waals surface area contributed by atoms with Gasteiger partial charge in [0.1, 0.15) is 0 Å². The largest absolute Gasteiger partial charge is 0.332 e. The lowest BCUT2D eigenvalue weighted by atomic mass is 10.4. The normalized spacial score (nSPS) is 10.2. The van der Waals surface area contributed by atoms with Gasteiger partial charge in [0.25, 0.3) is 0 Å². The number of aryl methyl sites for hydroxylation is 1. The third kappa shape index (κ3) is 1.84. The Morgan fingerprint density at radius 3 is 3.15 bits per heavy atom.